The van der Waals surface area contributed by atoms with Gasteiger partial charge >= 0.3 is 0 Å². The van der Waals surface area contributed by atoms with E-state index in [2.05, 4.69) is 24.1 Å². The molecular formula is C12H18N2O2. The van der Waals surface area contributed by atoms with Gasteiger partial charge in [0.2, 0.25) is 0 Å². The van der Waals surface area contributed by atoms with Gasteiger partial charge < -0.3 is 10.3 Å². The van der Waals surface area contributed by atoms with Crippen molar-refractivity contribution in [3.05, 3.63) is 33.7 Å². The van der Waals surface area contributed by atoms with Crippen LogP contribution in [-0.2, 0) is 0 Å². The van der Waals surface area contributed by atoms with E-state index in [1.165, 1.54) is 12.3 Å². The third-order valence-electron chi connectivity index (χ3n) is 2.31. The lowest BCUT2D eigenvalue weighted by Crippen LogP contribution is -2.30. The summed E-state index contributed by atoms with van der Waals surface area (Å²) < 4.78 is 0. The monoisotopic (exact) mass is 222 g/mol. The van der Waals surface area contributed by atoms with Crippen molar-refractivity contribution >= 4 is 5.91 Å². The van der Waals surface area contributed by atoms with Gasteiger partial charge in [0.25, 0.3) is 5.91 Å². The largest absolute Gasteiger partial charge is 0.364 e. The van der Waals surface area contributed by atoms with E-state index in [-0.39, 0.29) is 16.9 Å². The molecule has 0 saturated heterocycles. The molecule has 0 aliphatic carbocycles. The molecule has 0 bridgehead atoms. The van der Waals surface area contributed by atoms with Crippen molar-refractivity contribution in [2.75, 3.05) is 6.54 Å². The van der Waals surface area contributed by atoms with Crippen molar-refractivity contribution in [2.24, 2.45) is 5.92 Å². The first-order valence-electron chi connectivity index (χ1n) is 5.48. The molecule has 0 fully saturated rings. The summed E-state index contributed by atoms with van der Waals surface area (Å²) in [7, 11) is 0. The zero-order chi connectivity index (χ0) is 12.1. The van der Waals surface area contributed by atoms with Gasteiger partial charge in [-0.2, -0.15) is 0 Å². The van der Waals surface area contributed by atoms with Gasteiger partial charge in [-0.15, -0.1) is 0 Å². The highest BCUT2D eigenvalue weighted by Crippen LogP contribution is 1.97. The fourth-order valence-electron chi connectivity index (χ4n) is 1.32. The van der Waals surface area contributed by atoms with E-state index < -0.39 is 0 Å². The van der Waals surface area contributed by atoms with Crippen LogP contribution < -0.4 is 10.7 Å². The van der Waals surface area contributed by atoms with E-state index in [9.17, 15) is 9.59 Å². The summed E-state index contributed by atoms with van der Waals surface area (Å²) >= 11 is 0. The zero-order valence-corrected chi connectivity index (χ0v) is 9.96. The van der Waals surface area contributed by atoms with Crippen LogP contribution in [0.15, 0.2) is 17.1 Å². The van der Waals surface area contributed by atoms with E-state index in [1.807, 2.05) is 0 Å². The second-order valence-electron chi connectivity index (χ2n) is 4.33. The molecular weight excluding hydrogens is 204 g/mol. The fourth-order valence-corrected chi connectivity index (χ4v) is 1.32. The Labute approximate surface area is 95.1 Å². The molecule has 0 aliphatic heterocycles. The number of pyridine rings is 1. The van der Waals surface area contributed by atoms with Crippen molar-refractivity contribution in [1.82, 2.24) is 10.3 Å². The molecule has 0 aromatic carbocycles. The number of aromatic nitrogens is 1. The molecule has 4 heteroatoms. The van der Waals surface area contributed by atoms with E-state index in [1.54, 1.807) is 6.92 Å². The highest BCUT2D eigenvalue weighted by atomic mass is 16.2. The first kappa shape index (κ1) is 12.5. The lowest BCUT2D eigenvalue weighted by Gasteiger charge is -2.06. The Hall–Kier alpha value is -1.58. The second kappa shape index (κ2) is 5.49. The van der Waals surface area contributed by atoms with Gasteiger partial charge in [0.1, 0.15) is 5.56 Å². The van der Waals surface area contributed by atoms with Crippen molar-refractivity contribution in [3.63, 3.8) is 0 Å². The summed E-state index contributed by atoms with van der Waals surface area (Å²) in [5.74, 6) is 0.235. The van der Waals surface area contributed by atoms with E-state index in [4.69, 9.17) is 0 Å². The molecule has 0 spiro atoms. The molecule has 0 radical (unpaired) electrons. The number of amides is 1. The van der Waals surface area contributed by atoms with Crippen LogP contribution >= 0.6 is 0 Å². The minimum absolute atomic E-state index is 0.175. The predicted molar refractivity (Wildman–Crippen MR) is 63.6 cm³/mol. The van der Waals surface area contributed by atoms with Crippen molar-refractivity contribution in [1.29, 1.82) is 0 Å². The normalized spacial score (nSPS) is 10.5. The number of carbonyl (C=O) groups excluding carboxylic acids is 1. The maximum Gasteiger partial charge on any atom is 0.256 e. The quantitative estimate of drug-likeness (QED) is 0.810. The number of aromatic amines is 1. The molecule has 88 valence electrons. The lowest BCUT2D eigenvalue weighted by molar-refractivity contribution is 0.0950. The van der Waals surface area contributed by atoms with E-state index in [0.29, 0.717) is 12.5 Å². The average Bonchev–Trinajstić information content (AvgIpc) is 2.16. The van der Waals surface area contributed by atoms with Gasteiger partial charge in [0.15, 0.2) is 5.43 Å². The number of aryl methyl sites for hydroxylation is 1. The first-order chi connectivity index (χ1) is 7.50. The molecule has 1 rings (SSSR count). The summed E-state index contributed by atoms with van der Waals surface area (Å²) in [6.45, 7) is 6.56. The van der Waals surface area contributed by atoms with Crippen LogP contribution in [0.25, 0.3) is 0 Å². The summed E-state index contributed by atoms with van der Waals surface area (Å²) in [6, 6.07) is 1.43. The van der Waals surface area contributed by atoms with Gasteiger partial charge in [-0.1, -0.05) is 13.8 Å². The molecule has 4 nitrogen and oxygen atoms in total. The Morgan fingerprint density at radius 3 is 2.75 bits per heavy atom. The van der Waals surface area contributed by atoms with E-state index in [0.717, 1.165) is 12.1 Å². The highest BCUT2D eigenvalue weighted by Gasteiger charge is 2.09. The minimum Gasteiger partial charge on any atom is -0.364 e. The van der Waals surface area contributed by atoms with Crippen LogP contribution in [0.3, 0.4) is 0 Å². The minimum atomic E-state index is -0.304. The van der Waals surface area contributed by atoms with Crippen LogP contribution in [0, 0.1) is 12.8 Å². The van der Waals surface area contributed by atoms with Crippen LogP contribution in [-0.4, -0.2) is 17.4 Å². The summed E-state index contributed by atoms with van der Waals surface area (Å²) in [5.41, 5.74) is 0.691. The number of hydrogen-bond donors (Lipinski definition) is 2. The predicted octanol–water partition coefficient (Wildman–Crippen LogP) is 1.46. The lowest BCUT2D eigenvalue weighted by atomic mass is 10.1. The topological polar surface area (TPSA) is 62.0 Å². The van der Waals surface area contributed by atoms with Gasteiger partial charge in [0, 0.05) is 24.5 Å². The first-order valence-corrected chi connectivity index (χ1v) is 5.48. The summed E-state index contributed by atoms with van der Waals surface area (Å²) in [6.07, 6.45) is 2.37. The van der Waals surface area contributed by atoms with Crippen molar-refractivity contribution in [2.45, 2.75) is 27.2 Å². The van der Waals surface area contributed by atoms with Gasteiger partial charge in [-0.25, -0.2) is 0 Å². The molecule has 16 heavy (non-hydrogen) atoms. The molecule has 0 aliphatic rings. The highest BCUT2D eigenvalue weighted by molar-refractivity contribution is 5.93. The second-order valence-corrected chi connectivity index (χ2v) is 4.33. The maximum absolute atomic E-state index is 11.6. The Balaban J connectivity index is 2.63. The van der Waals surface area contributed by atoms with Crippen LogP contribution in [0.5, 0.6) is 0 Å². The van der Waals surface area contributed by atoms with E-state index >= 15 is 0 Å². The van der Waals surface area contributed by atoms with Crippen LogP contribution in [0.1, 0.15) is 36.3 Å². The molecule has 1 aromatic rings. The molecule has 0 unspecified atom stereocenters. The molecule has 1 heterocycles. The third kappa shape index (κ3) is 3.53. The van der Waals surface area contributed by atoms with Crippen LogP contribution in [0.4, 0.5) is 0 Å². The Kier molecular flexibility index (Phi) is 4.28. The zero-order valence-electron chi connectivity index (χ0n) is 9.96. The Morgan fingerprint density at radius 2 is 2.19 bits per heavy atom. The third-order valence-corrected chi connectivity index (χ3v) is 2.31. The van der Waals surface area contributed by atoms with Gasteiger partial charge in [-0.05, 0) is 19.3 Å². The average molecular weight is 222 g/mol. The summed E-state index contributed by atoms with van der Waals surface area (Å²) in [5, 5.41) is 2.73. The molecule has 0 saturated carbocycles. The van der Waals surface area contributed by atoms with Gasteiger partial charge in [-0.3, -0.25) is 9.59 Å². The number of carbonyl (C=O) groups is 1. The van der Waals surface area contributed by atoms with Crippen LogP contribution in [0.2, 0.25) is 0 Å². The number of H-pyrrole nitrogens is 1. The maximum atomic E-state index is 11.6. The fraction of sp³-hybridized carbons (Fsp3) is 0.500. The number of rotatable bonds is 4. The molecule has 1 amide bonds. The molecule has 2 N–H and O–H groups in total. The Morgan fingerprint density at radius 1 is 1.50 bits per heavy atom. The molecule has 0 atom stereocenters. The summed E-state index contributed by atoms with van der Waals surface area (Å²) in [4.78, 5) is 26.0. The molecule has 1 aromatic heterocycles. The number of hydrogen-bond acceptors (Lipinski definition) is 2. The Bertz CT molecular complexity index is 421. The SMILES string of the molecule is Cc1cc(=O)c(C(=O)NCCC(C)C)c[nH]1. The van der Waals surface area contributed by atoms with Crippen molar-refractivity contribution in [3.8, 4) is 0 Å². The smallest absolute Gasteiger partial charge is 0.256 e. The number of nitrogens with one attached hydrogen (secondary N) is 2. The standard InChI is InChI=1S/C12H18N2O2/c1-8(2)4-5-13-12(16)10-7-14-9(3)6-11(10)15/h6-8H,4-5H2,1-3H3,(H,13,16)(H,14,15). The van der Waals surface area contributed by atoms with Gasteiger partial charge in [0.05, 0.1) is 0 Å². The van der Waals surface area contributed by atoms with Crippen molar-refractivity contribution < 1.29 is 4.79 Å².